The first-order valence-electron chi connectivity index (χ1n) is 6.43. The van der Waals surface area contributed by atoms with Crippen molar-refractivity contribution < 1.29 is 14.3 Å². The molecule has 0 bridgehead atoms. The summed E-state index contributed by atoms with van der Waals surface area (Å²) >= 11 is 0. The van der Waals surface area contributed by atoms with E-state index < -0.39 is 0 Å². The van der Waals surface area contributed by atoms with Gasteiger partial charge in [0.25, 0.3) is 0 Å². The van der Waals surface area contributed by atoms with Crippen molar-refractivity contribution in [2.75, 3.05) is 7.11 Å². The van der Waals surface area contributed by atoms with Gasteiger partial charge in [-0.25, -0.2) is 5.84 Å². The van der Waals surface area contributed by atoms with Crippen molar-refractivity contribution in [2.24, 2.45) is 5.84 Å². The monoisotopic (exact) mass is 266 g/mol. The van der Waals surface area contributed by atoms with E-state index in [4.69, 9.17) is 15.3 Å². The van der Waals surface area contributed by atoms with E-state index >= 15 is 0 Å². The van der Waals surface area contributed by atoms with Crippen molar-refractivity contribution >= 4 is 5.91 Å². The number of carbonyl (C=O) groups excluding carboxylic acids is 1. The fourth-order valence-corrected chi connectivity index (χ4v) is 1.71. The summed E-state index contributed by atoms with van der Waals surface area (Å²) in [6.45, 7) is 4.00. The van der Waals surface area contributed by atoms with E-state index in [1.54, 1.807) is 7.11 Å². The summed E-state index contributed by atoms with van der Waals surface area (Å²) in [5.74, 6) is 6.25. The molecule has 106 valence electrons. The van der Waals surface area contributed by atoms with E-state index in [0.717, 1.165) is 12.2 Å². The molecular weight excluding hydrogens is 244 g/mol. The van der Waals surface area contributed by atoms with Gasteiger partial charge in [0.1, 0.15) is 0 Å². The van der Waals surface area contributed by atoms with Crippen molar-refractivity contribution in [3.63, 3.8) is 0 Å². The Labute approximate surface area is 114 Å². The number of rotatable bonds is 7. The molecule has 0 aliphatic rings. The smallest absolute Gasteiger partial charge is 0.234 e. The van der Waals surface area contributed by atoms with E-state index in [-0.39, 0.29) is 12.0 Å². The van der Waals surface area contributed by atoms with Gasteiger partial charge < -0.3 is 9.47 Å². The van der Waals surface area contributed by atoms with Crippen LogP contribution < -0.4 is 20.7 Å². The molecular formula is C14H22N2O3. The summed E-state index contributed by atoms with van der Waals surface area (Å²) in [5.41, 5.74) is 3.30. The second kappa shape index (κ2) is 7.63. The zero-order chi connectivity index (χ0) is 14.3. The molecule has 1 unspecified atom stereocenters. The van der Waals surface area contributed by atoms with Crippen molar-refractivity contribution in [3.05, 3.63) is 23.8 Å². The summed E-state index contributed by atoms with van der Waals surface area (Å²) < 4.78 is 11.1. The molecule has 1 rings (SSSR count). The predicted octanol–water partition coefficient (Wildman–Crippen LogP) is 1.79. The molecule has 5 nitrogen and oxygen atoms in total. The van der Waals surface area contributed by atoms with Gasteiger partial charge in [0.15, 0.2) is 11.5 Å². The third-order valence-electron chi connectivity index (χ3n) is 2.90. The van der Waals surface area contributed by atoms with E-state index in [9.17, 15) is 4.79 Å². The predicted molar refractivity (Wildman–Crippen MR) is 74.0 cm³/mol. The number of hydrogen-bond acceptors (Lipinski definition) is 4. The number of hydrogen-bond donors (Lipinski definition) is 2. The van der Waals surface area contributed by atoms with Crippen LogP contribution in [0.25, 0.3) is 0 Å². The lowest BCUT2D eigenvalue weighted by molar-refractivity contribution is -0.121. The van der Waals surface area contributed by atoms with Crippen molar-refractivity contribution in [1.82, 2.24) is 5.43 Å². The van der Waals surface area contributed by atoms with Gasteiger partial charge in [-0.05, 0) is 37.5 Å². The first kappa shape index (κ1) is 15.3. The molecule has 0 heterocycles. The molecule has 0 aliphatic carbocycles. The molecule has 5 heteroatoms. The fourth-order valence-electron chi connectivity index (χ4n) is 1.71. The van der Waals surface area contributed by atoms with Gasteiger partial charge in [-0.15, -0.1) is 0 Å². The minimum Gasteiger partial charge on any atom is -0.493 e. The first-order chi connectivity index (χ1) is 9.10. The van der Waals surface area contributed by atoms with Crippen LogP contribution >= 0.6 is 0 Å². The highest BCUT2D eigenvalue weighted by molar-refractivity contribution is 5.75. The Balaban J connectivity index is 2.62. The topological polar surface area (TPSA) is 73.6 Å². The SMILES string of the molecule is CCc1ccc(OC(C)CCC(=O)NN)c(OC)c1. The van der Waals surface area contributed by atoms with Crippen LogP contribution in [0.1, 0.15) is 32.3 Å². The second-order valence-electron chi connectivity index (χ2n) is 4.37. The molecule has 19 heavy (non-hydrogen) atoms. The van der Waals surface area contributed by atoms with Crippen molar-refractivity contribution in [2.45, 2.75) is 39.2 Å². The van der Waals surface area contributed by atoms with Gasteiger partial charge in [0, 0.05) is 6.42 Å². The molecule has 0 radical (unpaired) electrons. The summed E-state index contributed by atoms with van der Waals surface area (Å²) in [6.07, 6.45) is 1.80. The molecule has 0 fully saturated rings. The molecule has 1 aromatic carbocycles. The summed E-state index contributed by atoms with van der Waals surface area (Å²) in [7, 11) is 1.62. The highest BCUT2D eigenvalue weighted by atomic mass is 16.5. The molecule has 0 saturated heterocycles. The second-order valence-corrected chi connectivity index (χ2v) is 4.37. The van der Waals surface area contributed by atoms with Crippen LogP contribution in [-0.2, 0) is 11.2 Å². The average Bonchev–Trinajstić information content (AvgIpc) is 2.45. The van der Waals surface area contributed by atoms with Gasteiger partial charge in [-0.3, -0.25) is 10.2 Å². The number of carbonyl (C=O) groups is 1. The van der Waals surface area contributed by atoms with Crippen LogP contribution in [0, 0.1) is 0 Å². The van der Waals surface area contributed by atoms with Crippen LogP contribution in [0.4, 0.5) is 0 Å². The molecule has 1 aromatic rings. The lowest BCUT2D eigenvalue weighted by atomic mass is 10.1. The normalized spacial score (nSPS) is 11.8. The maximum Gasteiger partial charge on any atom is 0.234 e. The Morgan fingerprint density at radius 2 is 2.16 bits per heavy atom. The van der Waals surface area contributed by atoms with Crippen LogP contribution in [0.5, 0.6) is 11.5 Å². The molecule has 0 saturated carbocycles. The molecule has 1 amide bonds. The third kappa shape index (κ3) is 4.79. The highest BCUT2D eigenvalue weighted by Crippen LogP contribution is 2.29. The minimum absolute atomic E-state index is 0.0846. The molecule has 1 atom stereocenters. The van der Waals surface area contributed by atoms with Gasteiger partial charge in [-0.1, -0.05) is 13.0 Å². The van der Waals surface area contributed by atoms with Gasteiger partial charge in [0.2, 0.25) is 5.91 Å². The maximum absolute atomic E-state index is 11.1. The van der Waals surface area contributed by atoms with E-state index in [1.807, 2.05) is 25.1 Å². The minimum atomic E-state index is -0.191. The molecule has 3 N–H and O–H groups in total. The van der Waals surface area contributed by atoms with E-state index in [0.29, 0.717) is 18.6 Å². The van der Waals surface area contributed by atoms with Crippen LogP contribution in [0.15, 0.2) is 18.2 Å². The largest absolute Gasteiger partial charge is 0.493 e. The van der Waals surface area contributed by atoms with Gasteiger partial charge >= 0.3 is 0 Å². The van der Waals surface area contributed by atoms with Gasteiger partial charge in [-0.2, -0.15) is 0 Å². The zero-order valence-electron chi connectivity index (χ0n) is 11.7. The van der Waals surface area contributed by atoms with Gasteiger partial charge in [0.05, 0.1) is 13.2 Å². The Hall–Kier alpha value is -1.75. The van der Waals surface area contributed by atoms with E-state index in [1.165, 1.54) is 5.56 Å². The Morgan fingerprint density at radius 3 is 2.74 bits per heavy atom. The lowest BCUT2D eigenvalue weighted by Crippen LogP contribution is -2.30. The van der Waals surface area contributed by atoms with Crippen molar-refractivity contribution in [3.8, 4) is 11.5 Å². The maximum atomic E-state index is 11.1. The zero-order valence-corrected chi connectivity index (χ0v) is 11.7. The van der Waals surface area contributed by atoms with Crippen molar-refractivity contribution in [1.29, 1.82) is 0 Å². The third-order valence-corrected chi connectivity index (χ3v) is 2.90. The fraction of sp³-hybridized carbons (Fsp3) is 0.500. The molecule has 0 aromatic heterocycles. The van der Waals surface area contributed by atoms with Crippen LogP contribution in [0.2, 0.25) is 0 Å². The Bertz CT molecular complexity index is 421. The highest BCUT2D eigenvalue weighted by Gasteiger charge is 2.11. The number of nitrogens with two attached hydrogens (primary N) is 1. The summed E-state index contributed by atoms with van der Waals surface area (Å²) in [5, 5.41) is 0. The van der Waals surface area contributed by atoms with Crippen LogP contribution in [-0.4, -0.2) is 19.1 Å². The Morgan fingerprint density at radius 1 is 1.42 bits per heavy atom. The lowest BCUT2D eigenvalue weighted by Gasteiger charge is -2.17. The number of hydrazine groups is 1. The Kier molecular flexibility index (Phi) is 6.15. The molecule has 0 spiro atoms. The first-order valence-corrected chi connectivity index (χ1v) is 6.43. The standard InChI is InChI=1S/C14H22N2O3/c1-4-11-6-7-12(13(9-11)18-3)19-10(2)5-8-14(17)16-15/h6-7,9-10H,4-5,8,15H2,1-3H3,(H,16,17). The summed E-state index contributed by atoms with van der Waals surface area (Å²) in [4.78, 5) is 11.1. The molecule has 0 aliphatic heterocycles. The number of nitrogens with one attached hydrogen (secondary N) is 1. The van der Waals surface area contributed by atoms with Crippen LogP contribution in [0.3, 0.4) is 0 Å². The van der Waals surface area contributed by atoms with E-state index in [2.05, 4.69) is 12.3 Å². The average molecular weight is 266 g/mol. The number of benzene rings is 1. The number of ether oxygens (including phenoxy) is 2. The summed E-state index contributed by atoms with van der Waals surface area (Å²) in [6, 6.07) is 5.88. The quantitative estimate of drug-likeness (QED) is 0.448. The number of amides is 1. The number of aryl methyl sites for hydroxylation is 1. The number of methoxy groups -OCH3 is 1.